The molecule has 1 unspecified atom stereocenters. The SMILES string of the molecule is NC1CCN(c2n[nH]c(-c3c(F)cc(F)cc3F)n2)C1. The second-order valence-corrected chi connectivity index (χ2v) is 4.72. The molecule has 1 aromatic carbocycles. The number of hydrogen-bond donors (Lipinski definition) is 2. The number of nitrogens with two attached hydrogens (primary N) is 1. The molecule has 8 heteroatoms. The van der Waals surface area contributed by atoms with E-state index in [4.69, 9.17) is 5.73 Å². The van der Waals surface area contributed by atoms with Crippen LogP contribution in [0.2, 0.25) is 0 Å². The fourth-order valence-electron chi connectivity index (χ4n) is 2.24. The highest BCUT2D eigenvalue weighted by atomic mass is 19.1. The Morgan fingerprint density at radius 1 is 1.25 bits per heavy atom. The van der Waals surface area contributed by atoms with Gasteiger partial charge in [0.1, 0.15) is 17.5 Å². The Kier molecular flexibility index (Phi) is 3.09. The molecule has 1 aromatic heterocycles. The number of nitrogens with one attached hydrogen (secondary N) is 1. The molecule has 1 fully saturated rings. The highest BCUT2D eigenvalue weighted by Gasteiger charge is 2.24. The summed E-state index contributed by atoms with van der Waals surface area (Å²) >= 11 is 0. The van der Waals surface area contributed by atoms with Gasteiger partial charge in [-0.05, 0) is 6.42 Å². The van der Waals surface area contributed by atoms with Crippen LogP contribution in [0, 0.1) is 17.5 Å². The van der Waals surface area contributed by atoms with Crippen LogP contribution in [0.1, 0.15) is 6.42 Å². The minimum atomic E-state index is -1.02. The molecule has 5 nitrogen and oxygen atoms in total. The monoisotopic (exact) mass is 283 g/mol. The van der Waals surface area contributed by atoms with Crippen LogP contribution in [0.3, 0.4) is 0 Å². The summed E-state index contributed by atoms with van der Waals surface area (Å²) in [4.78, 5) is 5.87. The molecule has 0 saturated carbocycles. The Bertz CT molecular complexity index is 619. The van der Waals surface area contributed by atoms with Crippen LogP contribution in [0.15, 0.2) is 12.1 Å². The molecule has 1 atom stereocenters. The van der Waals surface area contributed by atoms with E-state index in [1.807, 2.05) is 4.90 Å². The van der Waals surface area contributed by atoms with Gasteiger partial charge in [0.05, 0.1) is 5.56 Å². The highest BCUT2D eigenvalue weighted by molar-refractivity contribution is 5.58. The first kappa shape index (κ1) is 12.9. The van der Waals surface area contributed by atoms with Gasteiger partial charge < -0.3 is 10.6 Å². The Balaban J connectivity index is 1.94. The van der Waals surface area contributed by atoms with E-state index in [1.165, 1.54) is 0 Å². The molecule has 0 spiro atoms. The first-order valence-electron chi connectivity index (χ1n) is 6.12. The van der Waals surface area contributed by atoms with Gasteiger partial charge in [0.25, 0.3) is 0 Å². The molecule has 0 radical (unpaired) electrons. The van der Waals surface area contributed by atoms with Gasteiger partial charge in [-0.3, -0.25) is 5.10 Å². The van der Waals surface area contributed by atoms with Gasteiger partial charge in [-0.2, -0.15) is 4.98 Å². The van der Waals surface area contributed by atoms with Gasteiger partial charge in [-0.1, -0.05) is 0 Å². The maximum absolute atomic E-state index is 13.6. The fraction of sp³-hybridized carbons (Fsp3) is 0.333. The van der Waals surface area contributed by atoms with Gasteiger partial charge in [0.15, 0.2) is 5.82 Å². The van der Waals surface area contributed by atoms with Crippen molar-refractivity contribution in [2.75, 3.05) is 18.0 Å². The minimum Gasteiger partial charge on any atom is -0.338 e. The third-order valence-electron chi connectivity index (χ3n) is 3.22. The Labute approximate surface area is 112 Å². The van der Waals surface area contributed by atoms with Crippen molar-refractivity contribution >= 4 is 5.95 Å². The first-order chi connectivity index (χ1) is 9.54. The van der Waals surface area contributed by atoms with Crippen LogP contribution < -0.4 is 10.6 Å². The molecule has 0 bridgehead atoms. The topological polar surface area (TPSA) is 70.8 Å². The second-order valence-electron chi connectivity index (χ2n) is 4.72. The van der Waals surface area contributed by atoms with E-state index in [0.717, 1.165) is 6.42 Å². The van der Waals surface area contributed by atoms with Gasteiger partial charge >= 0.3 is 0 Å². The van der Waals surface area contributed by atoms with Crippen molar-refractivity contribution < 1.29 is 13.2 Å². The van der Waals surface area contributed by atoms with Crippen molar-refractivity contribution in [2.24, 2.45) is 5.73 Å². The van der Waals surface area contributed by atoms with Crippen LogP contribution in [-0.2, 0) is 0 Å². The number of aromatic nitrogens is 3. The standard InChI is InChI=1S/C12H12F3N5/c13-6-3-8(14)10(9(15)4-6)11-17-12(19-18-11)20-2-1-7(16)5-20/h3-4,7H,1-2,5,16H2,(H,17,18,19). The summed E-state index contributed by atoms with van der Waals surface area (Å²) < 4.78 is 40.2. The minimum absolute atomic E-state index is 0.0382. The number of aromatic amines is 1. The van der Waals surface area contributed by atoms with Crippen molar-refractivity contribution in [3.8, 4) is 11.4 Å². The van der Waals surface area contributed by atoms with Crippen LogP contribution >= 0.6 is 0 Å². The zero-order valence-electron chi connectivity index (χ0n) is 10.4. The van der Waals surface area contributed by atoms with Gasteiger partial charge in [0.2, 0.25) is 5.95 Å². The van der Waals surface area contributed by atoms with Crippen molar-refractivity contribution in [3.05, 3.63) is 29.6 Å². The number of nitrogens with zero attached hydrogens (tertiary/aromatic N) is 3. The van der Waals surface area contributed by atoms with E-state index in [1.54, 1.807) is 0 Å². The van der Waals surface area contributed by atoms with Crippen LogP contribution in [-0.4, -0.2) is 34.3 Å². The van der Waals surface area contributed by atoms with Gasteiger partial charge in [0, 0.05) is 31.3 Å². The fourth-order valence-corrected chi connectivity index (χ4v) is 2.24. The molecule has 1 aliphatic heterocycles. The lowest BCUT2D eigenvalue weighted by atomic mass is 10.2. The van der Waals surface area contributed by atoms with E-state index >= 15 is 0 Å². The predicted octanol–water partition coefficient (Wildman–Crippen LogP) is 1.43. The number of anilines is 1. The summed E-state index contributed by atoms with van der Waals surface area (Å²) in [6.07, 6.45) is 0.809. The average Bonchev–Trinajstić information content (AvgIpc) is 2.96. The van der Waals surface area contributed by atoms with E-state index in [0.29, 0.717) is 31.2 Å². The summed E-state index contributed by atoms with van der Waals surface area (Å²) in [6.45, 7) is 1.28. The molecule has 0 amide bonds. The summed E-state index contributed by atoms with van der Waals surface area (Å²) in [5, 5.41) is 6.39. The quantitative estimate of drug-likeness (QED) is 0.874. The first-order valence-corrected chi connectivity index (χ1v) is 6.12. The normalized spacial score (nSPS) is 18.8. The maximum atomic E-state index is 13.6. The van der Waals surface area contributed by atoms with E-state index in [9.17, 15) is 13.2 Å². The van der Waals surface area contributed by atoms with E-state index < -0.39 is 23.0 Å². The zero-order valence-corrected chi connectivity index (χ0v) is 10.4. The maximum Gasteiger partial charge on any atom is 0.245 e. The number of rotatable bonds is 2. The molecule has 0 aliphatic carbocycles. The lowest BCUT2D eigenvalue weighted by molar-refractivity contribution is 0.547. The largest absolute Gasteiger partial charge is 0.338 e. The summed E-state index contributed by atoms with van der Waals surface area (Å²) in [6, 6.07) is 1.25. The second kappa shape index (κ2) is 4.78. The third-order valence-corrected chi connectivity index (χ3v) is 3.22. The van der Waals surface area contributed by atoms with Gasteiger partial charge in [-0.15, -0.1) is 5.10 Å². The summed E-state index contributed by atoms with van der Waals surface area (Å²) in [7, 11) is 0. The van der Waals surface area contributed by atoms with Crippen molar-refractivity contribution in [1.82, 2.24) is 15.2 Å². The number of H-pyrrole nitrogens is 1. The molecule has 3 N–H and O–H groups in total. The summed E-state index contributed by atoms with van der Waals surface area (Å²) in [5.74, 6) is -2.77. The van der Waals surface area contributed by atoms with Crippen molar-refractivity contribution in [2.45, 2.75) is 12.5 Å². The molecule has 2 aromatic rings. The van der Waals surface area contributed by atoms with Crippen LogP contribution in [0.25, 0.3) is 11.4 Å². The molecular formula is C12H12F3N5. The van der Waals surface area contributed by atoms with E-state index in [2.05, 4.69) is 15.2 Å². The third kappa shape index (κ3) is 2.22. The molecule has 20 heavy (non-hydrogen) atoms. The summed E-state index contributed by atoms with van der Waals surface area (Å²) in [5.41, 5.74) is 5.35. The van der Waals surface area contributed by atoms with Crippen LogP contribution in [0.5, 0.6) is 0 Å². The molecule has 106 valence electrons. The zero-order chi connectivity index (χ0) is 14.3. The number of halogens is 3. The molecular weight excluding hydrogens is 271 g/mol. The molecule has 3 rings (SSSR count). The smallest absolute Gasteiger partial charge is 0.245 e. The van der Waals surface area contributed by atoms with Crippen molar-refractivity contribution in [3.63, 3.8) is 0 Å². The predicted molar refractivity (Wildman–Crippen MR) is 66.5 cm³/mol. The Hall–Kier alpha value is -2.09. The van der Waals surface area contributed by atoms with E-state index in [-0.39, 0.29) is 11.9 Å². The number of benzene rings is 1. The average molecular weight is 283 g/mol. The highest BCUT2D eigenvalue weighted by Crippen LogP contribution is 2.26. The molecule has 2 heterocycles. The van der Waals surface area contributed by atoms with Gasteiger partial charge in [-0.25, -0.2) is 13.2 Å². The van der Waals surface area contributed by atoms with Crippen molar-refractivity contribution in [1.29, 1.82) is 0 Å². The number of hydrogen-bond acceptors (Lipinski definition) is 4. The molecule has 1 aliphatic rings. The lowest BCUT2D eigenvalue weighted by Crippen LogP contribution is -2.26. The lowest BCUT2D eigenvalue weighted by Gasteiger charge is -2.11. The molecule has 1 saturated heterocycles. The Morgan fingerprint density at radius 2 is 1.95 bits per heavy atom. The Morgan fingerprint density at radius 3 is 2.55 bits per heavy atom. The van der Waals surface area contributed by atoms with Crippen LogP contribution in [0.4, 0.5) is 19.1 Å².